The first-order chi connectivity index (χ1) is 12.6. The van der Waals surface area contributed by atoms with Gasteiger partial charge in [-0.25, -0.2) is 4.79 Å². The number of carbonyl (C=O) groups is 1. The minimum absolute atomic E-state index is 0.302. The van der Waals surface area contributed by atoms with Crippen molar-refractivity contribution in [2.75, 3.05) is 29.9 Å². The summed E-state index contributed by atoms with van der Waals surface area (Å²) in [6.07, 6.45) is 2.28. The van der Waals surface area contributed by atoms with Crippen molar-refractivity contribution in [3.63, 3.8) is 0 Å². The maximum absolute atomic E-state index is 12.3. The monoisotopic (exact) mass is 350 g/mol. The van der Waals surface area contributed by atoms with Gasteiger partial charge in [-0.1, -0.05) is 24.3 Å². The number of carbonyl (C=O) groups excluding carboxylic acids is 1. The van der Waals surface area contributed by atoms with E-state index in [0.29, 0.717) is 35.6 Å². The molecule has 0 saturated heterocycles. The van der Waals surface area contributed by atoms with E-state index in [-0.39, 0.29) is 0 Å². The molecule has 0 saturated carbocycles. The van der Waals surface area contributed by atoms with E-state index < -0.39 is 5.97 Å². The Morgan fingerprint density at radius 3 is 2.77 bits per heavy atom. The zero-order chi connectivity index (χ0) is 18.5. The van der Waals surface area contributed by atoms with Crippen LogP contribution in [0.2, 0.25) is 0 Å². The molecule has 26 heavy (non-hydrogen) atoms. The molecule has 3 aromatic rings. The van der Waals surface area contributed by atoms with Gasteiger partial charge in [-0.15, -0.1) is 0 Å². The summed E-state index contributed by atoms with van der Waals surface area (Å²) in [7, 11) is 0. The van der Waals surface area contributed by atoms with Gasteiger partial charge in [0.1, 0.15) is 5.56 Å². The Morgan fingerprint density at radius 1 is 1.19 bits per heavy atom. The number of nitrogens with two attached hydrogens (primary N) is 2. The van der Waals surface area contributed by atoms with Crippen LogP contribution in [0.25, 0.3) is 10.9 Å². The molecular formula is C20H22N4O2. The molecule has 0 bridgehead atoms. The van der Waals surface area contributed by atoms with Gasteiger partial charge in [0.25, 0.3) is 0 Å². The molecule has 1 aromatic heterocycles. The second-order valence-corrected chi connectivity index (χ2v) is 5.93. The van der Waals surface area contributed by atoms with Gasteiger partial charge in [-0.05, 0) is 37.1 Å². The average molecular weight is 350 g/mol. The summed E-state index contributed by atoms with van der Waals surface area (Å²) in [4.78, 5) is 16.7. The van der Waals surface area contributed by atoms with Crippen LogP contribution in [-0.2, 0) is 11.2 Å². The second-order valence-electron chi connectivity index (χ2n) is 5.93. The largest absolute Gasteiger partial charge is 0.462 e. The lowest BCUT2D eigenvalue weighted by Crippen LogP contribution is -2.13. The first-order valence-electron chi connectivity index (χ1n) is 8.52. The summed E-state index contributed by atoms with van der Waals surface area (Å²) in [6, 6.07) is 13.3. The van der Waals surface area contributed by atoms with Crippen LogP contribution in [0.5, 0.6) is 0 Å². The molecule has 134 valence electrons. The van der Waals surface area contributed by atoms with Crippen molar-refractivity contribution >= 4 is 33.9 Å². The smallest absolute Gasteiger partial charge is 0.341 e. The predicted molar refractivity (Wildman–Crippen MR) is 105 cm³/mol. The topological polar surface area (TPSA) is 103 Å². The SMILES string of the molecule is CCOC(=O)c1cnc2c(N)cccc2c1NCCc1cccc(N)c1. The number of rotatable bonds is 6. The number of nitrogens with zero attached hydrogens (tertiary/aromatic N) is 1. The van der Waals surface area contributed by atoms with Crippen molar-refractivity contribution in [1.29, 1.82) is 0 Å². The van der Waals surface area contributed by atoms with Crippen LogP contribution in [0.4, 0.5) is 17.1 Å². The fourth-order valence-corrected chi connectivity index (χ4v) is 2.88. The lowest BCUT2D eigenvalue weighted by molar-refractivity contribution is 0.0527. The third-order valence-corrected chi connectivity index (χ3v) is 4.09. The van der Waals surface area contributed by atoms with Crippen LogP contribution >= 0.6 is 0 Å². The molecule has 0 amide bonds. The number of hydrogen-bond acceptors (Lipinski definition) is 6. The van der Waals surface area contributed by atoms with Gasteiger partial charge < -0.3 is 21.5 Å². The van der Waals surface area contributed by atoms with Crippen molar-refractivity contribution in [1.82, 2.24) is 4.98 Å². The summed E-state index contributed by atoms with van der Waals surface area (Å²) in [5.41, 5.74) is 16.0. The standard InChI is InChI=1S/C20H22N4O2/c1-2-26-20(25)16-12-24-19-15(7-4-8-17(19)22)18(16)23-10-9-13-5-3-6-14(21)11-13/h3-8,11-12H,2,9-10,21-22H2,1H3,(H,23,24). The van der Waals surface area contributed by atoms with E-state index in [1.807, 2.05) is 36.4 Å². The predicted octanol–water partition coefficient (Wildman–Crippen LogP) is 3.23. The van der Waals surface area contributed by atoms with E-state index in [0.717, 1.165) is 23.1 Å². The Labute approximate surface area is 152 Å². The maximum Gasteiger partial charge on any atom is 0.341 e. The van der Waals surface area contributed by atoms with E-state index in [1.54, 1.807) is 13.0 Å². The van der Waals surface area contributed by atoms with Gasteiger partial charge in [0, 0.05) is 23.8 Å². The van der Waals surface area contributed by atoms with E-state index >= 15 is 0 Å². The lowest BCUT2D eigenvalue weighted by atomic mass is 10.1. The van der Waals surface area contributed by atoms with Crippen LogP contribution in [0.3, 0.4) is 0 Å². The van der Waals surface area contributed by atoms with E-state index in [2.05, 4.69) is 10.3 Å². The third-order valence-electron chi connectivity index (χ3n) is 4.09. The second kappa shape index (κ2) is 7.74. The molecule has 6 nitrogen and oxygen atoms in total. The summed E-state index contributed by atoms with van der Waals surface area (Å²) in [5, 5.41) is 4.15. The quantitative estimate of drug-likeness (QED) is 0.466. The summed E-state index contributed by atoms with van der Waals surface area (Å²) >= 11 is 0. The van der Waals surface area contributed by atoms with Gasteiger partial charge in [-0.2, -0.15) is 0 Å². The summed E-state index contributed by atoms with van der Waals surface area (Å²) < 4.78 is 5.16. The Bertz CT molecular complexity index is 940. The van der Waals surface area contributed by atoms with Crippen LogP contribution in [-0.4, -0.2) is 24.1 Å². The average Bonchev–Trinajstić information content (AvgIpc) is 2.62. The molecule has 0 aliphatic carbocycles. The molecule has 0 fully saturated rings. The number of benzene rings is 2. The van der Waals surface area contributed by atoms with Crippen molar-refractivity contribution in [2.45, 2.75) is 13.3 Å². The Balaban J connectivity index is 1.91. The molecule has 0 spiro atoms. The normalized spacial score (nSPS) is 10.7. The number of pyridine rings is 1. The molecule has 6 heteroatoms. The first-order valence-corrected chi connectivity index (χ1v) is 8.52. The van der Waals surface area contributed by atoms with Gasteiger partial charge in [0.15, 0.2) is 0 Å². The van der Waals surface area contributed by atoms with Gasteiger partial charge in [0.05, 0.1) is 23.5 Å². The number of aromatic nitrogens is 1. The fourth-order valence-electron chi connectivity index (χ4n) is 2.88. The van der Waals surface area contributed by atoms with Crippen LogP contribution in [0, 0.1) is 0 Å². The number of anilines is 3. The molecule has 5 N–H and O–H groups in total. The Kier molecular flexibility index (Phi) is 5.22. The third kappa shape index (κ3) is 3.69. The van der Waals surface area contributed by atoms with Gasteiger partial charge >= 0.3 is 5.97 Å². The summed E-state index contributed by atoms with van der Waals surface area (Å²) in [5.74, 6) is -0.407. The number of hydrogen-bond donors (Lipinski definition) is 3. The molecule has 0 aliphatic heterocycles. The highest BCUT2D eigenvalue weighted by Gasteiger charge is 2.17. The van der Waals surface area contributed by atoms with Crippen LogP contribution in [0.15, 0.2) is 48.7 Å². The number of nitrogen functional groups attached to an aromatic ring is 2. The number of para-hydroxylation sites is 1. The van der Waals surface area contributed by atoms with Crippen molar-refractivity contribution in [3.05, 3.63) is 59.8 Å². The molecule has 0 radical (unpaired) electrons. The fraction of sp³-hybridized carbons (Fsp3) is 0.200. The molecule has 2 aromatic carbocycles. The van der Waals surface area contributed by atoms with E-state index in [1.165, 1.54) is 6.20 Å². The number of esters is 1. The van der Waals surface area contributed by atoms with E-state index in [4.69, 9.17) is 16.2 Å². The van der Waals surface area contributed by atoms with Crippen LogP contribution in [0.1, 0.15) is 22.8 Å². The lowest BCUT2D eigenvalue weighted by Gasteiger charge is -2.15. The minimum Gasteiger partial charge on any atom is -0.462 e. The van der Waals surface area contributed by atoms with Crippen molar-refractivity contribution in [2.24, 2.45) is 0 Å². The highest BCUT2D eigenvalue weighted by molar-refractivity contribution is 6.07. The molecule has 0 atom stereocenters. The highest BCUT2D eigenvalue weighted by Crippen LogP contribution is 2.29. The molecule has 3 rings (SSSR count). The molecule has 0 aliphatic rings. The maximum atomic E-state index is 12.3. The van der Waals surface area contributed by atoms with Crippen molar-refractivity contribution < 1.29 is 9.53 Å². The van der Waals surface area contributed by atoms with Crippen molar-refractivity contribution in [3.8, 4) is 0 Å². The minimum atomic E-state index is -0.407. The van der Waals surface area contributed by atoms with Gasteiger partial charge in [-0.3, -0.25) is 4.98 Å². The molecule has 0 unspecified atom stereocenters. The number of nitrogens with one attached hydrogen (secondary N) is 1. The van der Waals surface area contributed by atoms with Crippen LogP contribution < -0.4 is 16.8 Å². The number of fused-ring (bicyclic) bond motifs is 1. The zero-order valence-electron chi connectivity index (χ0n) is 14.7. The van der Waals surface area contributed by atoms with Gasteiger partial charge in [0.2, 0.25) is 0 Å². The van der Waals surface area contributed by atoms with E-state index in [9.17, 15) is 4.79 Å². The highest BCUT2D eigenvalue weighted by atomic mass is 16.5. The number of ether oxygens (including phenoxy) is 1. The molecule has 1 heterocycles. The summed E-state index contributed by atoms with van der Waals surface area (Å²) in [6.45, 7) is 2.71. The molecular weight excluding hydrogens is 328 g/mol. The first kappa shape index (κ1) is 17.5. The Hall–Kier alpha value is -3.28. The Morgan fingerprint density at radius 2 is 2.00 bits per heavy atom. The zero-order valence-corrected chi connectivity index (χ0v) is 14.7.